The standard InChI is InChI=1S/C15H24O2/c1-7-15(6,10-8-9-11(2)3)13(12(4)5)14(16)17/h7,9,13H,1,4,8,10H2,2-3,5-6H3,(H,16,17)/t13-,15-/m0/s1. The molecule has 2 atom stereocenters. The molecule has 96 valence electrons. The average molecular weight is 236 g/mol. The van der Waals surface area contributed by atoms with Gasteiger partial charge in [0.05, 0.1) is 5.92 Å². The maximum atomic E-state index is 11.3. The summed E-state index contributed by atoms with van der Waals surface area (Å²) in [5, 5.41) is 9.29. The number of carboxylic acids is 1. The number of carbonyl (C=O) groups is 1. The molecule has 0 aromatic carbocycles. The normalized spacial score (nSPS) is 15.5. The van der Waals surface area contributed by atoms with Crippen LogP contribution in [0.5, 0.6) is 0 Å². The first kappa shape index (κ1) is 15.7. The van der Waals surface area contributed by atoms with E-state index in [1.165, 1.54) is 5.57 Å². The van der Waals surface area contributed by atoms with Crippen LogP contribution >= 0.6 is 0 Å². The molecule has 0 unspecified atom stereocenters. The van der Waals surface area contributed by atoms with Crippen molar-refractivity contribution in [3.63, 3.8) is 0 Å². The van der Waals surface area contributed by atoms with E-state index in [0.29, 0.717) is 5.57 Å². The number of allylic oxidation sites excluding steroid dienone is 3. The highest BCUT2D eigenvalue weighted by Crippen LogP contribution is 2.38. The highest BCUT2D eigenvalue weighted by molar-refractivity contribution is 5.74. The highest BCUT2D eigenvalue weighted by Gasteiger charge is 2.36. The lowest BCUT2D eigenvalue weighted by molar-refractivity contribution is -0.143. The van der Waals surface area contributed by atoms with Crippen LogP contribution in [0.25, 0.3) is 0 Å². The van der Waals surface area contributed by atoms with Crippen LogP contribution < -0.4 is 0 Å². The van der Waals surface area contributed by atoms with Crippen LogP contribution in [0.15, 0.2) is 36.5 Å². The Hall–Kier alpha value is -1.31. The summed E-state index contributed by atoms with van der Waals surface area (Å²) in [7, 11) is 0. The maximum Gasteiger partial charge on any atom is 0.311 e. The zero-order chi connectivity index (χ0) is 13.6. The molecule has 0 radical (unpaired) electrons. The Balaban J connectivity index is 4.97. The fraction of sp³-hybridized carbons (Fsp3) is 0.533. The van der Waals surface area contributed by atoms with Gasteiger partial charge in [0.2, 0.25) is 0 Å². The summed E-state index contributed by atoms with van der Waals surface area (Å²) in [4.78, 5) is 11.3. The number of carboxylic acid groups (broad SMARTS) is 1. The molecule has 17 heavy (non-hydrogen) atoms. The fourth-order valence-electron chi connectivity index (χ4n) is 2.09. The monoisotopic (exact) mass is 236 g/mol. The molecule has 0 bridgehead atoms. The van der Waals surface area contributed by atoms with Gasteiger partial charge in [-0.25, -0.2) is 0 Å². The molecule has 0 aliphatic carbocycles. The maximum absolute atomic E-state index is 11.3. The van der Waals surface area contributed by atoms with Crippen molar-refractivity contribution in [2.75, 3.05) is 0 Å². The Bertz CT molecular complexity index is 321. The first-order valence-corrected chi connectivity index (χ1v) is 5.89. The molecular formula is C15H24O2. The second kappa shape index (κ2) is 6.43. The second-order valence-electron chi connectivity index (χ2n) is 5.15. The van der Waals surface area contributed by atoms with E-state index in [1.54, 1.807) is 13.0 Å². The second-order valence-corrected chi connectivity index (χ2v) is 5.15. The van der Waals surface area contributed by atoms with Crippen molar-refractivity contribution in [1.29, 1.82) is 0 Å². The van der Waals surface area contributed by atoms with E-state index >= 15 is 0 Å². The summed E-state index contributed by atoms with van der Waals surface area (Å²) in [5.41, 5.74) is 1.49. The summed E-state index contributed by atoms with van der Waals surface area (Å²) in [5.74, 6) is -1.39. The molecule has 0 aromatic rings. The Labute approximate surface area is 105 Å². The Kier molecular flexibility index (Phi) is 5.94. The molecule has 0 fully saturated rings. The molecule has 0 aliphatic heterocycles. The van der Waals surface area contributed by atoms with E-state index < -0.39 is 17.3 Å². The van der Waals surface area contributed by atoms with Crippen molar-refractivity contribution in [2.45, 2.75) is 40.5 Å². The molecule has 0 saturated heterocycles. The average Bonchev–Trinajstić information content (AvgIpc) is 2.15. The third kappa shape index (κ3) is 4.59. The van der Waals surface area contributed by atoms with E-state index in [9.17, 15) is 9.90 Å². The molecular weight excluding hydrogens is 212 g/mol. The van der Waals surface area contributed by atoms with E-state index in [0.717, 1.165) is 12.8 Å². The van der Waals surface area contributed by atoms with Gasteiger partial charge in [0.15, 0.2) is 0 Å². The van der Waals surface area contributed by atoms with Gasteiger partial charge < -0.3 is 5.11 Å². The molecule has 0 aromatic heterocycles. The number of hydrogen-bond acceptors (Lipinski definition) is 1. The molecule has 0 heterocycles. The van der Waals surface area contributed by atoms with Gasteiger partial charge in [-0.1, -0.05) is 36.8 Å². The van der Waals surface area contributed by atoms with Crippen molar-refractivity contribution < 1.29 is 9.90 Å². The first-order chi connectivity index (χ1) is 7.74. The van der Waals surface area contributed by atoms with E-state index in [1.807, 2.05) is 20.8 Å². The van der Waals surface area contributed by atoms with Gasteiger partial charge in [-0.2, -0.15) is 0 Å². The van der Waals surface area contributed by atoms with Crippen LogP contribution in [0.2, 0.25) is 0 Å². The first-order valence-electron chi connectivity index (χ1n) is 5.89. The fourth-order valence-corrected chi connectivity index (χ4v) is 2.09. The zero-order valence-corrected chi connectivity index (χ0v) is 11.4. The van der Waals surface area contributed by atoms with Crippen LogP contribution in [0.3, 0.4) is 0 Å². The van der Waals surface area contributed by atoms with Crippen LogP contribution in [0, 0.1) is 11.3 Å². The number of hydrogen-bond donors (Lipinski definition) is 1. The molecule has 0 rings (SSSR count). The van der Waals surface area contributed by atoms with E-state index in [2.05, 4.69) is 19.2 Å². The zero-order valence-electron chi connectivity index (χ0n) is 11.4. The lowest BCUT2D eigenvalue weighted by Crippen LogP contribution is -2.32. The summed E-state index contributed by atoms with van der Waals surface area (Å²) < 4.78 is 0. The smallest absolute Gasteiger partial charge is 0.311 e. The molecule has 0 saturated carbocycles. The van der Waals surface area contributed by atoms with E-state index in [4.69, 9.17) is 0 Å². The Morgan fingerprint density at radius 2 is 1.94 bits per heavy atom. The summed E-state index contributed by atoms with van der Waals surface area (Å²) in [6.07, 6.45) is 5.51. The Morgan fingerprint density at radius 3 is 2.24 bits per heavy atom. The summed E-state index contributed by atoms with van der Waals surface area (Å²) in [6.45, 7) is 15.4. The number of aliphatic carboxylic acids is 1. The largest absolute Gasteiger partial charge is 0.481 e. The minimum absolute atomic E-state index is 0.441. The quantitative estimate of drug-likeness (QED) is 0.672. The van der Waals surface area contributed by atoms with Crippen LogP contribution in [0.4, 0.5) is 0 Å². The predicted molar refractivity (Wildman–Crippen MR) is 72.9 cm³/mol. The van der Waals surface area contributed by atoms with Crippen LogP contribution in [-0.4, -0.2) is 11.1 Å². The van der Waals surface area contributed by atoms with Crippen molar-refractivity contribution in [3.8, 4) is 0 Å². The summed E-state index contributed by atoms with van der Waals surface area (Å²) >= 11 is 0. The van der Waals surface area contributed by atoms with Gasteiger partial charge in [-0.15, -0.1) is 6.58 Å². The van der Waals surface area contributed by atoms with Crippen LogP contribution in [-0.2, 0) is 4.79 Å². The van der Waals surface area contributed by atoms with Crippen molar-refractivity contribution in [3.05, 3.63) is 36.5 Å². The summed E-state index contributed by atoms with van der Waals surface area (Å²) in [6, 6.07) is 0. The topological polar surface area (TPSA) is 37.3 Å². The van der Waals surface area contributed by atoms with Gasteiger partial charge in [0, 0.05) is 5.41 Å². The minimum atomic E-state index is -0.822. The van der Waals surface area contributed by atoms with Gasteiger partial charge in [-0.05, 0) is 33.6 Å². The molecule has 0 spiro atoms. The number of rotatable bonds is 7. The molecule has 1 N–H and O–H groups in total. The van der Waals surface area contributed by atoms with Gasteiger partial charge in [-0.3, -0.25) is 4.79 Å². The Morgan fingerprint density at radius 1 is 1.41 bits per heavy atom. The third-order valence-electron chi connectivity index (χ3n) is 3.10. The molecule has 0 amide bonds. The molecule has 2 heteroatoms. The predicted octanol–water partition coefficient (Wildman–Crippen LogP) is 4.20. The highest BCUT2D eigenvalue weighted by atomic mass is 16.4. The lowest BCUT2D eigenvalue weighted by atomic mass is 9.71. The lowest BCUT2D eigenvalue weighted by Gasteiger charge is -2.32. The SMILES string of the molecule is C=C[C@@](C)(CCC=C(C)C)[C@@H](C(=C)C)C(=O)O. The van der Waals surface area contributed by atoms with Crippen molar-refractivity contribution >= 4 is 5.97 Å². The van der Waals surface area contributed by atoms with Crippen LogP contribution in [0.1, 0.15) is 40.5 Å². The van der Waals surface area contributed by atoms with Crippen molar-refractivity contribution in [2.24, 2.45) is 11.3 Å². The van der Waals surface area contributed by atoms with Gasteiger partial charge >= 0.3 is 5.97 Å². The molecule has 0 aliphatic rings. The molecule has 2 nitrogen and oxygen atoms in total. The minimum Gasteiger partial charge on any atom is -0.481 e. The van der Waals surface area contributed by atoms with Crippen molar-refractivity contribution in [1.82, 2.24) is 0 Å². The van der Waals surface area contributed by atoms with E-state index in [-0.39, 0.29) is 0 Å². The van der Waals surface area contributed by atoms with Gasteiger partial charge in [0.25, 0.3) is 0 Å². The third-order valence-corrected chi connectivity index (χ3v) is 3.10. The van der Waals surface area contributed by atoms with Gasteiger partial charge in [0.1, 0.15) is 0 Å².